The Morgan fingerprint density at radius 1 is 0.879 bits per heavy atom. The second kappa shape index (κ2) is 7.83. The van der Waals surface area contributed by atoms with Crippen LogP contribution in [0.1, 0.15) is 42.5 Å². The Morgan fingerprint density at radius 2 is 1.61 bits per heavy atom. The lowest BCUT2D eigenvalue weighted by Crippen LogP contribution is -2.29. The normalized spacial score (nSPS) is 12.7. The first kappa shape index (κ1) is 20.3. The number of imide groups is 1. The molecule has 0 atom stereocenters. The number of nitrogens with one attached hydrogen (secondary N) is 1. The number of nitrogens with zero attached hydrogens (tertiary/aromatic N) is 4. The third kappa shape index (κ3) is 3.57. The molecule has 2 aromatic carbocycles. The summed E-state index contributed by atoms with van der Waals surface area (Å²) in [6.07, 6.45) is 1.48. The molecule has 8 heteroatoms. The first-order valence-electron chi connectivity index (χ1n) is 10.3. The van der Waals surface area contributed by atoms with Crippen LogP contribution in [-0.2, 0) is 0 Å². The highest BCUT2D eigenvalue weighted by atomic mass is 16.2. The number of fused-ring (bicyclic) bond motifs is 1. The summed E-state index contributed by atoms with van der Waals surface area (Å²) in [5, 5.41) is 7.19. The van der Waals surface area contributed by atoms with E-state index in [1.54, 1.807) is 65.3 Å². The predicted octanol–water partition coefficient (Wildman–Crippen LogP) is 3.94. The zero-order valence-electron chi connectivity index (χ0n) is 17.9. The van der Waals surface area contributed by atoms with Crippen LogP contribution in [0.5, 0.6) is 0 Å². The van der Waals surface area contributed by atoms with Gasteiger partial charge in [0.15, 0.2) is 5.82 Å². The molecule has 1 N–H and O–H groups in total. The van der Waals surface area contributed by atoms with E-state index in [9.17, 15) is 14.4 Å². The van der Waals surface area contributed by atoms with Crippen molar-refractivity contribution in [3.8, 4) is 5.82 Å². The van der Waals surface area contributed by atoms with Crippen LogP contribution < -0.4 is 10.2 Å². The van der Waals surface area contributed by atoms with Gasteiger partial charge in [-0.05, 0) is 62.4 Å². The standard InChI is InChI=1S/C25H19N5O3/c1-15-12-16(2)30(28-15)22-11-10-17(14-26-22)23(31)27-18-6-5-7-19(13-18)29-24(32)20-8-3-4-9-21(20)25(29)33/h3-14H,1-2H3,(H,27,31). The van der Waals surface area contributed by atoms with Crippen molar-refractivity contribution in [3.05, 3.63) is 101 Å². The predicted molar refractivity (Wildman–Crippen MR) is 123 cm³/mol. The number of aryl methyl sites for hydroxylation is 2. The minimum absolute atomic E-state index is 0.359. The first-order valence-corrected chi connectivity index (χ1v) is 10.3. The summed E-state index contributed by atoms with van der Waals surface area (Å²) in [5.41, 5.74) is 3.77. The summed E-state index contributed by atoms with van der Waals surface area (Å²) in [5.74, 6) is -0.516. The average Bonchev–Trinajstić information content (AvgIpc) is 3.29. The van der Waals surface area contributed by atoms with E-state index < -0.39 is 0 Å². The van der Waals surface area contributed by atoms with Gasteiger partial charge in [0.05, 0.1) is 28.1 Å². The van der Waals surface area contributed by atoms with Gasteiger partial charge in [-0.3, -0.25) is 14.4 Å². The van der Waals surface area contributed by atoms with Crippen molar-refractivity contribution in [2.24, 2.45) is 0 Å². The van der Waals surface area contributed by atoms with Gasteiger partial charge in [-0.25, -0.2) is 14.6 Å². The maximum Gasteiger partial charge on any atom is 0.266 e. The topological polar surface area (TPSA) is 97.2 Å². The smallest absolute Gasteiger partial charge is 0.266 e. The van der Waals surface area contributed by atoms with Gasteiger partial charge >= 0.3 is 0 Å². The maximum atomic E-state index is 12.8. The molecule has 2 aromatic heterocycles. The van der Waals surface area contributed by atoms with Gasteiger partial charge in [-0.1, -0.05) is 18.2 Å². The van der Waals surface area contributed by atoms with Crippen molar-refractivity contribution in [2.75, 3.05) is 10.2 Å². The van der Waals surface area contributed by atoms with Gasteiger partial charge in [0, 0.05) is 17.6 Å². The van der Waals surface area contributed by atoms with Crippen LogP contribution in [0.15, 0.2) is 72.9 Å². The molecule has 1 aliphatic heterocycles. The van der Waals surface area contributed by atoms with Gasteiger partial charge in [-0.2, -0.15) is 5.10 Å². The van der Waals surface area contributed by atoms with Crippen molar-refractivity contribution in [2.45, 2.75) is 13.8 Å². The summed E-state index contributed by atoms with van der Waals surface area (Å²) in [6.45, 7) is 3.84. The molecule has 0 saturated carbocycles. The van der Waals surface area contributed by atoms with Crippen LogP contribution in [0.3, 0.4) is 0 Å². The fourth-order valence-electron chi connectivity index (χ4n) is 3.86. The quantitative estimate of drug-likeness (QED) is 0.488. The number of aromatic nitrogens is 3. The Labute approximate surface area is 189 Å². The average molecular weight is 437 g/mol. The lowest BCUT2D eigenvalue weighted by Gasteiger charge is -2.15. The molecule has 0 radical (unpaired) electrons. The lowest BCUT2D eigenvalue weighted by molar-refractivity contribution is 0.0925. The molecule has 8 nitrogen and oxygen atoms in total. The maximum absolute atomic E-state index is 12.8. The number of anilines is 2. The molecule has 0 bridgehead atoms. The second-order valence-corrected chi connectivity index (χ2v) is 7.74. The zero-order chi connectivity index (χ0) is 23.1. The molecular formula is C25H19N5O3. The SMILES string of the molecule is Cc1cc(C)n(-c2ccc(C(=O)Nc3cccc(N4C(=O)c5ccccc5C4=O)c3)cn2)n1. The molecule has 162 valence electrons. The van der Waals surface area contributed by atoms with Crippen LogP contribution >= 0.6 is 0 Å². The summed E-state index contributed by atoms with van der Waals surface area (Å²) in [4.78, 5) is 43.7. The molecule has 0 aliphatic carbocycles. The number of carbonyl (C=O) groups is 3. The van der Waals surface area contributed by atoms with Crippen molar-refractivity contribution in [1.82, 2.24) is 14.8 Å². The molecule has 0 unspecified atom stereocenters. The zero-order valence-corrected chi connectivity index (χ0v) is 17.9. The largest absolute Gasteiger partial charge is 0.322 e. The summed E-state index contributed by atoms with van der Waals surface area (Å²) in [7, 11) is 0. The highest BCUT2D eigenvalue weighted by Crippen LogP contribution is 2.29. The van der Waals surface area contributed by atoms with Gasteiger partial charge in [0.1, 0.15) is 0 Å². The number of rotatable bonds is 4. The van der Waals surface area contributed by atoms with E-state index in [-0.39, 0.29) is 17.7 Å². The van der Waals surface area contributed by atoms with E-state index in [1.165, 1.54) is 6.20 Å². The third-order valence-corrected chi connectivity index (χ3v) is 5.39. The second-order valence-electron chi connectivity index (χ2n) is 7.74. The first-order chi connectivity index (χ1) is 15.9. The molecule has 0 spiro atoms. The third-order valence-electron chi connectivity index (χ3n) is 5.39. The van der Waals surface area contributed by atoms with Crippen molar-refractivity contribution in [3.63, 3.8) is 0 Å². The molecule has 3 amide bonds. The van der Waals surface area contributed by atoms with Gasteiger partial charge in [-0.15, -0.1) is 0 Å². The van der Waals surface area contributed by atoms with Crippen LogP contribution in [0, 0.1) is 13.8 Å². The monoisotopic (exact) mass is 437 g/mol. The molecular weight excluding hydrogens is 418 g/mol. The van der Waals surface area contributed by atoms with Crippen LogP contribution in [0.4, 0.5) is 11.4 Å². The number of hydrogen-bond donors (Lipinski definition) is 1. The van der Waals surface area contributed by atoms with E-state index in [0.717, 1.165) is 16.3 Å². The Morgan fingerprint density at radius 3 is 2.21 bits per heavy atom. The number of hydrogen-bond acceptors (Lipinski definition) is 5. The van der Waals surface area contributed by atoms with E-state index in [4.69, 9.17) is 0 Å². The fourth-order valence-corrected chi connectivity index (χ4v) is 3.86. The summed E-state index contributed by atoms with van der Waals surface area (Å²) in [6, 6.07) is 18.7. The molecule has 33 heavy (non-hydrogen) atoms. The number of carbonyl (C=O) groups excluding carboxylic acids is 3. The number of benzene rings is 2. The molecule has 3 heterocycles. The van der Waals surface area contributed by atoms with E-state index in [1.807, 2.05) is 19.9 Å². The Kier molecular flexibility index (Phi) is 4.82. The molecule has 5 rings (SSSR count). The summed E-state index contributed by atoms with van der Waals surface area (Å²) < 4.78 is 1.71. The molecule has 1 aliphatic rings. The lowest BCUT2D eigenvalue weighted by atomic mass is 10.1. The molecule has 0 fully saturated rings. The fraction of sp³-hybridized carbons (Fsp3) is 0.0800. The van der Waals surface area contributed by atoms with Crippen molar-refractivity contribution >= 4 is 29.1 Å². The Balaban J connectivity index is 1.35. The minimum Gasteiger partial charge on any atom is -0.322 e. The van der Waals surface area contributed by atoms with Gasteiger partial charge < -0.3 is 5.32 Å². The van der Waals surface area contributed by atoms with E-state index in [0.29, 0.717) is 33.9 Å². The van der Waals surface area contributed by atoms with E-state index >= 15 is 0 Å². The van der Waals surface area contributed by atoms with Crippen LogP contribution in [0.2, 0.25) is 0 Å². The number of amides is 3. The van der Waals surface area contributed by atoms with Gasteiger partial charge in [0.2, 0.25) is 0 Å². The van der Waals surface area contributed by atoms with Crippen LogP contribution in [0.25, 0.3) is 5.82 Å². The number of pyridine rings is 1. The molecule has 0 saturated heterocycles. The Bertz CT molecular complexity index is 1390. The van der Waals surface area contributed by atoms with E-state index in [2.05, 4.69) is 15.4 Å². The minimum atomic E-state index is -0.386. The highest BCUT2D eigenvalue weighted by molar-refractivity contribution is 6.34. The Hall–Kier alpha value is -4.59. The van der Waals surface area contributed by atoms with Crippen molar-refractivity contribution < 1.29 is 14.4 Å². The summed E-state index contributed by atoms with van der Waals surface area (Å²) >= 11 is 0. The molecule has 4 aromatic rings. The van der Waals surface area contributed by atoms with Crippen LogP contribution in [-0.4, -0.2) is 32.5 Å². The highest BCUT2D eigenvalue weighted by Gasteiger charge is 2.36. The van der Waals surface area contributed by atoms with Crippen molar-refractivity contribution in [1.29, 1.82) is 0 Å². The van der Waals surface area contributed by atoms with Gasteiger partial charge in [0.25, 0.3) is 17.7 Å².